The first-order valence-corrected chi connectivity index (χ1v) is 8.28. The van der Waals surface area contributed by atoms with Gasteiger partial charge in [-0.05, 0) is 43.2 Å². The van der Waals surface area contributed by atoms with Gasteiger partial charge in [0.1, 0.15) is 5.82 Å². The lowest BCUT2D eigenvalue weighted by Gasteiger charge is -2.31. The average Bonchev–Trinajstić information content (AvgIpc) is 2.58. The van der Waals surface area contributed by atoms with Gasteiger partial charge < -0.3 is 10.2 Å². The van der Waals surface area contributed by atoms with E-state index in [2.05, 4.69) is 20.4 Å². The van der Waals surface area contributed by atoms with Crippen molar-refractivity contribution in [3.05, 3.63) is 46.3 Å². The van der Waals surface area contributed by atoms with E-state index in [1.165, 1.54) is 18.2 Å². The summed E-state index contributed by atoms with van der Waals surface area (Å²) in [5, 5.41) is 11.2. The highest BCUT2D eigenvalue weighted by Gasteiger charge is 2.26. The minimum Gasteiger partial charge on any atom is -0.355 e. The van der Waals surface area contributed by atoms with Crippen LogP contribution >= 0.6 is 23.2 Å². The molecule has 8 heteroatoms. The van der Waals surface area contributed by atoms with Gasteiger partial charge in [0.05, 0.1) is 10.7 Å². The van der Waals surface area contributed by atoms with Gasteiger partial charge in [0.25, 0.3) is 0 Å². The van der Waals surface area contributed by atoms with Crippen LogP contribution in [0.5, 0.6) is 0 Å². The molecule has 0 unspecified atom stereocenters. The van der Waals surface area contributed by atoms with E-state index in [0.717, 1.165) is 5.82 Å². The second-order valence-electron chi connectivity index (χ2n) is 5.59. The lowest BCUT2D eigenvalue weighted by atomic mass is 9.96. The van der Waals surface area contributed by atoms with Crippen LogP contribution < -0.4 is 10.2 Å². The Kier molecular flexibility index (Phi) is 5.16. The number of benzene rings is 1. The normalized spacial score (nSPS) is 15.4. The molecule has 1 saturated heterocycles. The van der Waals surface area contributed by atoms with E-state index in [4.69, 9.17) is 23.2 Å². The molecule has 1 N–H and O–H groups in total. The summed E-state index contributed by atoms with van der Waals surface area (Å²) in [4.78, 5) is 14.4. The minimum absolute atomic E-state index is 0.106. The molecular weight excluding hydrogens is 354 g/mol. The number of nitrogens with zero attached hydrogens (tertiary/aromatic N) is 3. The van der Waals surface area contributed by atoms with Gasteiger partial charge in [-0.25, -0.2) is 4.39 Å². The molecule has 24 heavy (non-hydrogen) atoms. The fourth-order valence-corrected chi connectivity index (χ4v) is 2.99. The van der Waals surface area contributed by atoms with E-state index >= 15 is 0 Å². The van der Waals surface area contributed by atoms with Crippen molar-refractivity contribution in [2.45, 2.75) is 12.8 Å². The maximum Gasteiger partial charge on any atom is 0.227 e. The highest BCUT2D eigenvalue weighted by Crippen LogP contribution is 2.26. The zero-order valence-corrected chi connectivity index (χ0v) is 14.2. The van der Waals surface area contributed by atoms with Crippen molar-refractivity contribution in [3.8, 4) is 0 Å². The second kappa shape index (κ2) is 7.32. The van der Waals surface area contributed by atoms with Gasteiger partial charge in [0.2, 0.25) is 5.91 Å². The summed E-state index contributed by atoms with van der Waals surface area (Å²) in [6, 6.07) is 7.42. The van der Waals surface area contributed by atoms with Crippen molar-refractivity contribution in [1.29, 1.82) is 0 Å². The first-order chi connectivity index (χ1) is 11.5. The molecule has 0 atom stereocenters. The molecule has 5 nitrogen and oxygen atoms in total. The number of piperidine rings is 1. The maximum atomic E-state index is 13.0. The van der Waals surface area contributed by atoms with Crippen LogP contribution in [0.2, 0.25) is 10.2 Å². The molecule has 2 aromatic rings. The minimum atomic E-state index is -0.435. The third-order valence-electron chi connectivity index (χ3n) is 4.00. The van der Waals surface area contributed by atoms with Crippen LogP contribution in [0.3, 0.4) is 0 Å². The molecule has 1 aliphatic heterocycles. The monoisotopic (exact) mass is 368 g/mol. The largest absolute Gasteiger partial charge is 0.355 e. The molecule has 3 rings (SSSR count). The average molecular weight is 369 g/mol. The Labute approximate surface area is 148 Å². The summed E-state index contributed by atoms with van der Waals surface area (Å²) >= 11 is 11.7. The molecule has 0 radical (unpaired) electrons. The van der Waals surface area contributed by atoms with E-state index < -0.39 is 5.82 Å². The van der Waals surface area contributed by atoms with Crippen molar-refractivity contribution in [2.75, 3.05) is 23.3 Å². The zero-order chi connectivity index (χ0) is 17.1. The summed E-state index contributed by atoms with van der Waals surface area (Å²) in [7, 11) is 0. The molecular formula is C16H15Cl2FN4O. The van der Waals surface area contributed by atoms with Crippen molar-refractivity contribution < 1.29 is 9.18 Å². The number of hydrogen-bond donors (Lipinski definition) is 1. The number of nitrogens with one attached hydrogen (secondary N) is 1. The number of hydrogen-bond acceptors (Lipinski definition) is 4. The third kappa shape index (κ3) is 3.94. The summed E-state index contributed by atoms with van der Waals surface area (Å²) in [6.45, 7) is 1.40. The van der Waals surface area contributed by atoms with Crippen molar-refractivity contribution in [3.63, 3.8) is 0 Å². The van der Waals surface area contributed by atoms with E-state index in [-0.39, 0.29) is 16.8 Å². The lowest BCUT2D eigenvalue weighted by molar-refractivity contribution is -0.120. The Morgan fingerprint density at radius 3 is 2.54 bits per heavy atom. The lowest BCUT2D eigenvalue weighted by Crippen LogP contribution is -2.38. The molecule has 1 aromatic carbocycles. The van der Waals surface area contributed by atoms with E-state index in [9.17, 15) is 9.18 Å². The highest BCUT2D eigenvalue weighted by atomic mass is 35.5. The maximum absolute atomic E-state index is 13.0. The van der Waals surface area contributed by atoms with Gasteiger partial charge in [-0.15, -0.1) is 10.2 Å². The van der Waals surface area contributed by atoms with Crippen LogP contribution in [0.4, 0.5) is 15.9 Å². The fourth-order valence-electron chi connectivity index (χ4n) is 2.67. The number of rotatable bonds is 3. The Morgan fingerprint density at radius 2 is 1.92 bits per heavy atom. The van der Waals surface area contributed by atoms with Gasteiger partial charge in [-0.3, -0.25) is 4.79 Å². The summed E-state index contributed by atoms with van der Waals surface area (Å²) in [6.07, 6.45) is 1.38. The first-order valence-electron chi connectivity index (χ1n) is 7.53. The van der Waals surface area contributed by atoms with Crippen LogP contribution in [0.1, 0.15) is 12.8 Å². The van der Waals surface area contributed by atoms with Gasteiger partial charge in [-0.1, -0.05) is 23.2 Å². The van der Waals surface area contributed by atoms with E-state index in [0.29, 0.717) is 36.8 Å². The van der Waals surface area contributed by atoms with Gasteiger partial charge in [0.15, 0.2) is 11.0 Å². The Morgan fingerprint density at radius 1 is 1.17 bits per heavy atom. The molecule has 2 heterocycles. The smallest absolute Gasteiger partial charge is 0.227 e. The molecule has 0 aliphatic carbocycles. The van der Waals surface area contributed by atoms with Crippen LogP contribution in [-0.4, -0.2) is 29.2 Å². The van der Waals surface area contributed by atoms with Crippen molar-refractivity contribution in [2.24, 2.45) is 5.92 Å². The molecule has 1 aromatic heterocycles. The quantitative estimate of drug-likeness (QED) is 0.895. The molecule has 0 saturated carbocycles. The SMILES string of the molecule is O=C(Nc1ccc(F)cc1Cl)C1CCN(c2ccc(Cl)nn2)CC1. The number of carbonyl (C=O) groups is 1. The summed E-state index contributed by atoms with van der Waals surface area (Å²) < 4.78 is 13.0. The van der Waals surface area contributed by atoms with Gasteiger partial charge in [0, 0.05) is 19.0 Å². The second-order valence-corrected chi connectivity index (χ2v) is 6.38. The van der Waals surface area contributed by atoms with Crippen LogP contribution in [0.15, 0.2) is 30.3 Å². The van der Waals surface area contributed by atoms with Gasteiger partial charge in [-0.2, -0.15) is 0 Å². The Hall–Kier alpha value is -1.92. The molecule has 1 fully saturated rings. The topological polar surface area (TPSA) is 58.1 Å². The van der Waals surface area contributed by atoms with Crippen LogP contribution in [0, 0.1) is 11.7 Å². The molecule has 0 spiro atoms. The van der Waals surface area contributed by atoms with Crippen molar-refractivity contribution in [1.82, 2.24) is 10.2 Å². The number of aromatic nitrogens is 2. The fraction of sp³-hybridized carbons (Fsp3) is 0.312. The van der Waals surface area contributed by atoms with Crippen molar-refractivity contribution >= 4 is 40.6 Å². The standard InChI is InChI=1S/C16H15Cl2FN4O/c17-12-9-11(19)1-2-13(12)20-16(24)10-5-7-23(8-6-10)15-4-3-14(18)21-22-15/h1-4,9-10H,5-8H2,(H,20,24). The predicted molar refractivity (Wildman–Crippen MR) is 92.0 cm³/mol. The Bertz CT molecular complexity index is 733. The number of carbonyl (C=O) groups excluding carboxylic acids is 1. The van der Waals surface area contributed by atoms with Gasteiger partial charge >= 0.3 is 0 Å². The number of amides is 1. The van der Waals surface area contributed by atoms with E-state index in [1.54, 1.807) is 6.07 Å². The van der Waals surface area contributed by atoms with Crippen LogP contribution in [-0.2, 0) is 4.79 Å². The molecule has 0 bridgehead atoms. The van der Waals surface area contributed by atoms with Crippen LogP contribution in [0.25, 0.3) is 0 Å². The summed E-state index contributed by atoms with van der Waals surface area (Å²) in [5.41, 5.74) is 0.425. The highest BCUT2D eigenvalue weighted by molar-refractivity contribution is 6.33. The zero-order valence-electron chi connectivity index (χ0n) is 12.7. The van der Waals surface area contributed by atoms with E-state index in [1.807, 2.05) is 6.07 Å². The number of halogens is 3. The molecule has 126 valence electrons. The molecule has 1 amide bonds. The number of anilines is 2. The summed E-state index contributed by atoms with van der Waals surface area (Å²) in [5.74, 6) is 0.0863. The predicted octanol–water partition coefficient (Wildman–Crippen LogP) is 3.78. The Balaban J connectivity index is 1.58. The first kappa shape index (κ1) is 16.9. The molecule has 1 aliphatic rings. The third-order valence-corrected chi connectivity index (χ3v) is 4.51.